The number of benzene rings is 2. The minimum absolute atomic E-state index is 0.160. The number of ether oxygens (including phenoxy) is 1. The molecule has 0 saturated heterocycles. The number of methoxy groups -OCH3 is 1. The van der Waals surface area contributed by atoms with Gasteiger partial charge in [-0.2, -0.15) is 0 Å². The van der Waals surface area contributed by atoms with Crippen LogP contribution >= 0.6 is 11.6 Å². The Labute approximate surface area is 129 Å². The molecule has 4 heteroatoms. The summed E-state index contributed by atoms with van der Waals surface area (Å²) >= 11 is 5.89. The monoisotopic (exact) mass is 303 g/mol. The third-order valence-corrected chi connectivity index (χ3v) is 3.64. The number of esters is 1. The standard InChI is InChI=1S/C17H18ClNO2/c1-12(13-7-9-15(18)10-8-13)19-11-14-5-3-4-6-16(14)17(20)21-2/h3-10,12,19H,11H2,1-2H3/t12-/m1/s1. The minimum atomic E-state index is -0.313. The summed E-state index contributed by atoms with van der Waals surface area (Å²) < 4.78 is 4.80. The van der Waals surface area contributed by atoms with Crippen molar-refractivity contribution in [3.63, 3.8) is 0 Å². The largest absolute Gasteiger partial charge is 0.465 e. The van der Waals surface area contributed by atoms with Crippen molar-refractivity contribution in [2.45, 2.75) is 19.5 Å². The summed E-state index contributed by atoms with van der Waals surface area (Å²) in [5.41, 5.74) is 2.66. The van der Waals surface area contributed by atoms with E-state index in [1.807, 2.05) is 42.5 Å². The summed E-state index contributed by atoms with van der Waals surface area (Å²) in [5, 5.41) is 4.13. The molecule has 21 heavy (non-hydrogen) atoms. The maximum atomic E-state index is 11.7. The molecule has 2 rings (SSSR count). The third-order valence-electron chi connectivity index (χ3n) is 3.39. The molecule has 0 amide bonds. The van der Waals surface area contributed by atoms with E-state index in [0.717, 1.165) is 16.1 Å². The first-order valence-corrected chi connectivity index (χ1v) is 7.14. The van der Waals surface area contributed by atoms with Gasteiger partial charge < -0.3 is 10.1 Å². The molecule has 3 nitrogen and oxygen atoms in total. The number of carbonyl (C=O) groups excluding carboxylic acids is 1. The number of rotatable bonds is 5. The molecule has 0 unspecified atom stereocenters. The van der Waals surface area contributed by atoms with Gasteiger partial charge in [0.25, 0.3) is 0 Å². The molecule has 0 heterocycles. The first-order valence-electron chi connectivity index (χ1n) is 6.77. The van der Waals surface area contributed by atoms with Gasteiger partial charge in [-0.05, 0) is 36.2 Å². The van der Waals surface area contributed by atoms with Gasteiger partial charge in [-0.1, -0.05) is 41.9 Å². The molecule has 0 fully saturated rings. The van der Waals surface area contributed by atoms with E-state index in [0.29, 0.717) is 12.1 Å². The van der Waals surface area contributed by atoms with E-state index in [-0.39, 0.29) is 12.0 Å². The lowest BCUT2D eigenvalue weighted by atomic mass is 10.1. The Hall–Kier alpha value is -1.84. The van der Waals surface area contributed by atoms with Crippen molar-refractivity contribution in [3.8, 4) is 0 Å². The summed E-state index contributed by atoms with van der Waals surface area (Å²) in [6.07, 6.45) is 0. The summed E-state index contributed by atoms with van der Waals surface area (Å²) in [4.78, 5) is 11.7. The summed E-state index contributed by atoms with van der Waals surface area (Å²) in [5.74, 6) is -0.313. The Bertz CT molecular complexity index is 610. The zero-order chi connectivity index (χ0) is 15.2. The van der Waals surface area contributed by atoms with Crippen molar-refractivity contribution in [1.82, 2.24) is 5.32 Å². The summed E-state index contributed by atoms with van der Waals surface area (Å²) in [7, 11) is 1.39. The van der Waals surface area contributed by atoms with E-state index in [4.69, 9.17) is 16.3 Å². The topological polar surface area (TPSA) is 38.3 Å². The first kappa shape index (κ1) is 15.5. The molecule has 0 spiro atoms. The van der Waals surface area contributed by atoms with Crippen LogP contribution in [0.4, 0.5) is 0 Å². The van der Waals surface area contributed by atoms with Gasteiger partial charge in [0.05, 0.1) is 12.7 Å². The van der Waals surface area contributed by atoms with E-state index in [2.05, 4.69) is 12.2 Å². The lowest BCUT2D eigenvalue weighted by molar-refractivity contribution is 0.0599. The van der Waals surface area contributed by atoms with E-state index in [1.165, 1.54) is 7.11 Å². The number of hydrogen-bond donors (Lipinski definition) is 1. The molecule has 0 bridgehead atoms. The van der Waals surface area contributed by atoms with Crippen LogP contribution in [0.3, 0.4) is 0 Å². The van der Waals surface area contributed by atoms with Crippen LogP contribution in [0.25, 0.3) is 0 Å². The van der Waals surface area contributed by atoms with Gasteiger partial charge >= 0.3 is 5.97 Å². The normalized spacial score (nSPS) is 12.0. The van der Waals surface area contributed by atoms with Gasteiger partial charge in [0, 0.05) is 17.6 Å². The molecule has 2 aromatic carbocycles. The molecule has 0 saturated carbocycles. The maximum absolute atomic E-state index is 11.7. The highest BCUT2D eigenvalue weighted by molar-refractivity contribution is 6.30. The van der Waals surface area contributed by atoms with Crippen molar-refractivity contribution in [2.75, 3.05) is 7.11 Å². The highest BCUT2D eigenvalue weighted by atomic mass is 35.5. The van der Waals surface area contributed by atoms with Gasteiger partial charge in [-0.25, -0.2) is 4.79 Å². The summed E-state index contributed by atoms with van der Waals surface area (Å²) in [6.45, 7) is 2.67. The average Bonchev–Trinajstić information content (AvgIpc) is 2.52. The average molecular weight is 304 g/mol. The van der Waals surface area contributed by atoms with E-state index in [1.54, 1.807) is 6.07 Å². The van der Waals surface area contributed by atoms with Crippen LogP contribution in [0.5, 0.6) is 0 Å². The molecule has 0 aliphatic rings. The number of hydrogen-bond acceptors (Lipinski definition) is 3. The first-order chi connectivity index (χ1) is 10.1. The molecule has 0 aromatic heterocycles. The number of carbonyl (C=O) groups is 1. The lowest BCUT2D eigenvalue weighted by Gasteiger charge is -2.15. The Morgan fingerprint density at radius 2 is 1.86 bits per heavy atom. The van der Waals surface area contributed by atoms with Gasteiger partial charge in [-0.3, -0.25) is 0 Å². The van der Waals surface area contributed by atoms with Crippen LogP contribution < -0.4 is 5.32 Å². The van der Waals surface area contributed by atoms with Crippen molar-refractivity contribution in [2.24, 2.45) is 0 Å². The Morgan fingerprint density at radius 1 is 1.19 bits per heavy atom. The van der Waals surface area contributed by atoms with E-state index < -0.39 is 0 Å². The van der Waals surface area contributed by atoms with Crippen molar-refractivity contribution in [3.05, 3.63) is 70.2 Å². The van der Waals surface area contributed by atoms with Crippen LogP contribution in [0.1, 0.15) is 34.5 Å². The molecule has 1 N–H and O–H groups in total. The van der Waals surface area contributed by atoms with Crippen LogP contribution in [0.15, 0.2) is 48.5 Å². The van der Waals surface area contributed by atoms with Crippen LogP contribution in [-0.4, -0.2) is 13.1 Å². The van der Waals surface area contributed by atoms with Gasteiger partial charge in [0.1, 0.15) is 0 Å². The highest BCUT2D eigenvalue weighted by Crippen LogP contribution is 2.17. The Balaban J connectivity index is 2.06. The van der Waals surface area contributed by atoms with E-state index >= 15 is 0 Å². The number of halogens is 1. The predicted molar refractivity (Wildman–Crippen MR) is 84.5 cm³/mol. The van der Waals surface area contributed by atoms with Gasteiger partial charge in [0.2, 0.25) is 0 Å². The predicted octanol–water partition coefficient (Wildman–Crippen LogP) is 3.98. The SMILES string of the molecule is COC(=O)c1ccccc1CN[C@H](C)c1ccc(Cl)cc1. The van der Waals surface area contributed by atoms with Gasteiger partial charge in [-0.15, -0.1) is 0 Å². The van der Waals surface area contributed by atoms with Crippen molar-refractivity contribution in [1.29, 1.82) is 0 Å². The minimum Gasteiger partial charge on any atom is -0.465 e. The number of nitrogens with one attached hydrogen (secondary N) is 1. The lowest BCUT2D eigenvalue weighted by Crippen LogP contribution is -2.20. The Morgan fingerprint density at radius 3 is 2.52 bits per heavy atom. The maximum Gasteiger partial charge on any atom is 0.338 e. The van der Waals surface area contributed by atoms with E-state index in [9.17, 15) is 4.79 Å². The van der Waals surface area contributed by atoms with Crippen molar-refractivity contribution < 1.29 is 9.53 Å². The smallest absolute Gasteiger partial charge is 0.338 e. The molecule has 110 valence electrons. The Kier molecular flexibility index (Phi) is 5.37. The molecule has 1 atom stereocenters. The van der Waals surface area contributed by atoms with Crippen LogP contribution in [0, 0.1) is 0 Å². The molecular formula is C17H18ClNO2. The molecule has 0 aliphatic heterocycles. The van der Waals surface area contributed by atoms with Gasteiger partial charge in [0.15, 0.2) is 0 Å². The second kappa shape index (κ2) is 7.25. The fourth-order valence-electron chi connectivity index (χ4n) is 2.12. The third kappa shape index (κ3) is 4.06. The fraction of sp³-hybridized carbons (Fsp3) is 0.235. The molecular weight excluding hydrogens is 286 g/mol. The zero-order valence-electron chi connectivity index (χ0n) is 12.1. The molecule has 2 aromatic rings. The molecule has 0 radical (unpaired) electrons. The quantitative estimate of drug-likeness (QED) is 0.849. The molecule has 0 aliphatic carbocycles. The second-order valence-corrected chi connectivity index (χ2v) is 5.24. The van der Waals surface area contributed by atoms with Crippen LogP contribution in [-0.2, 0) is 11.3 Å². The summed E-state index contributed by atoms with van der Waals surface area (Å²) in [6, 6.07) is 15.3. The van der Waals surface area contributed by atoms with Crippen molar-refractivity contribution >= 4 is 17.6 Å². The highest BCUT2D eigenvalue weighted by Gasteiger charge is 2.12. The fourth-order valence-corrected chi connectivity index (χ4v) is 2.24. The second-order valence-electron chi connectivity index (χ2n) is 4.80. The zero-order valence-corrected chi connectivity index (χ0v) is 12.9. The van der Waals surface area contributed by atoms with Crippen LogP contribution in [0.2, 0.25) is 5.02 Å².